The van der Waals surface area contributed by atoms with E-state index in [0.29, 0.717) is 6.42 Å². The van der Waals surface area contributed by atoms with Crippen LogP contribution < -0.4 is 4.74 Å². The van der Waals surface area contributed by atoms with Crippen LogP contribution in [-0.4, -0.2) is 12.9 Å². The standard InChI is InChI=1S/C16H22O2/c1-3-4-5-6-7-13-10-12-8-9-15(17)14(12)11-16(13)18-2/h10-11H,3-9H2,1-2H3. The van der Waals surface area contributed by atoms with Gasteiger partial charge in [0.1, 0.15) is 5.75 Å². The van der Waals surface area contributed by atoms with Crippen LogP contribution in [0, 0.1) is 0 Å². The fourth-order valence-corrected chi connectivity index (χ4v) is 2.65. The first-order chi connectivity index (χ1) is 8.76. The van der Waals surface area contributed by atoms with Crippen LogP contribution in [0.15, 0.2) is 12.1 Å². The Hall–Kier alpha value is -1.31. The number of carbonyl (C=O) groups is 1. The minimum absolute atomic E-state index is 0.265. The molecule has 1 aliphatic carbocycles. The van der Waals surface area contributed by atoms with Gasteiger partial charge in [-0.2, -0.15) is 0 Å². The molecule has 2 heteroatoms. The molecule has 1 aromatic carbocycles. The average Bonchev–Trinajstić information content (AvgIpc) is 2.75. The second-order valence-electron chi connectivity index (χ2n) is 5.06. The molecule has 0 bridgehead atoms. The third kappa shape index (κ3) is 2.74. The largest absolute Gasteiger partial charge is 0.496 e. The molecule has 0 spiro atoms. The predicted octanol–water partition coefficient (Wildman–Crippen LogP) is 3.95. The van der Waals surface area contributed by atoms with Crippen LogP contribution in [0.3, 0.4) is 0 Å². The molecule has 2 rings (SSSR count). The summed E-state index contributed by atoms with van der Waals surface area (Å²) in [5.41, 5.74) is 3.36. The molecule has 0 atom stereocenters. The Labute approximate surface area is 109 Å². The highest BCUT2D eigenvalue weighted by Gasteiger charge is 2.21. The average molecular weight is 246 g/mol. The van der Waals surface area contributed by atoms with Crippen molar-refractivity contribution in [1.29, 1.82) is 0 Å². The van der Waals surface area contributed by atoms with Gasteiger partial charge in [0.05, 0.1) is 7.11 Å². The maximum Gasteiger partial charge on any atom is 0.163 e. The Morgan fingerprint density at radius 2 is 2.00 bits per heavy atom. The molecular formula is C16H22O2. The van der Waals surface area contributed by atoms with E-state index in [1.807, 2.05) is 6.07 Å². The van der Waals surface area contributed by atoms with Crippen molar-refractivity contribution in [2.24, 2.45) is 0 Å². The number of methoxy groups -OCH3 is 1. The van der Waals surface area contributed by atoms with Crippen molar-refractivity contribution >= 4 is 5.78 Å². The maximum absolute atomic E-state index is 11.7. The van der Waals surface area contributed by atoms with Crippen LogP contribution in [-0.2, 0) is 12.8 Å². The number of Topliss-reactive ketones (excluding diaryl/α,β-unsaturated/α-hetero) is 1. The number of hydrogen-bond donors (Lipinski definition) is 0. The van der Waals surface area contributed by atoms with Crippen LogP contribution in [0.4, 0.5) is 0 Å². The van der Waals surface area contributed by atoms with Crippen LogP contribution in [0.25, 0.3) is 0 Å². The summed E-state index contributed by atoms with van der Waals surface area (Å²) in [6.45, 7) is 2.22. The highest BCUT2D eigenvalue weighted by atomic mass is 16.5. The van der Waals surface area contributed by atoms with Gasteiger partial charge in [-0.05, 0) is 36.5 Å². The lowest BCUT2D eigenvalue weighted by atomic mass is 10.00. The Bertz CT molecular complexity index is 435. The summed E-state index contributed by atoms with van der Waals surface area (Å²) in [6, 6.07) is 4.13. The number of rotatable bonds is 6. The highest BCUT2D eigenvalue weighted by Crippen LogP contribution is 2.30. The molecule has 0 heterocycles. The number of aryl methyl sites for hydroxylation is 2. The number of unbranched alkanes of at least 4 members (excludes halogenated alkanes) is 3. The number of hydrogen-bond acceptors (Lipinski definition) is 2. The van der Waals surface area contributed by atoms with Crippen molar-refractivity contribution in [2.75, 3.05) is 7.11 Å². The summed E-state index contributed by atoms with van der Waals surface area (Å²) < 4.78 is 5.42. The monoisotopic (exact) mass is 246 g/mol. The van der Waals surface area contributed by atoms with E-state index >= 15 is 0 Å². The van der Waals surface area contributed by atoms with Crippen LogP contribution in [0.5, 0.6) is 5.75 Å². The van der Waals surface area contributed by atoms with Gasteiger partial charge >= 0.3 is 0 Å². The molecule has 0 saturated carbocycles. The molecule has 0 N–H and O–H groups in total. The van der Waals surface area contributed by atoms with Gasteiger partial charge in [0.2, 0.25) is 0 Å². The van der Waals surface area contributed by atoms with Crippen LogP contribution in [0.2, 0.25) is 0 Å². The van der Waals surface area contributed by atoms with Gasteiger partial charge in [0.15, 0.2) is 5.78 Å². The molecule has 18 heavy (non-hydrogen) atoms. The van der Waals surface area contributed by atoms with E-state index in [0.717, 1.165) is 24.2 Å². The Kier molecular flexibility index (Phi) is 4.40. The number of carbonyl (C=O) groups excluding carboxylic acids is 1. The van der Waals surface area contributed by atoms with Gasteiger partial charge in [0.25, 0.3) is 0 Å². The minimum Gasteiger partial charge on any atom is -0.496 e. The highest BCUT2D eigenvalue weighted by molar-refractivity contribution is 6.00. The maximum atomic E-state index is 11.7. The van der Waals surface area contributed by atoms with Gasteiger partial charge in [-0.3, -0.25) is 4.79 Å². The van der Waals surface area contributed by atoms with Gasteiger partial charge in [0, 0.05) is 12.0 Å². The molecule has 0 aromatic heterocycles. The number of ketones is 1. The number of fused-ring (bicyclic) bond motifs is 1. The molecule has 0 saturated heterocycles. The summed E-state index contributed by atoms with van der Waals surface area (Å²) in [4.78, 5) is 11.7. The smallest absolute Gasteiger partial charge is 0.163 e. The fourth-order valence-electron chi connectivity index (χ4n) is 2.65. The lowest BCUT2D eigenvalue weighted by Gasteiger charge is -2.11. The molecule has 0 amide bonds. The first-order valence-corrected chi connectivity index (χ1v) is 6.99. The van der Waals surface area contributed by atoms with Crippen molar-refractivity contribution in [3.05, 3.63) is 28.8 Å². The van der Waals surface area contributed by atoms with E-state index < -0.39 is 0 Å². The topological polar surface area (TPSA) is 26.3 Å². The molecule has 2 nitrogen and oxygen atoms in total. The Morgan fingerprint density at radius 1 is 1.17 bits per heavy atom. The van der Waals surface area contributed by atoms with E-state index in [1.54, 1.807) is 7.11 Å². The SMILES string of the molecule is CCCCCCc1cc2c(cc1OC)C(=O)CC2. The summed E-state index contributed by atoms with van der Waals surface area (Å²) in [6.07, 6.45) is 7.66. The van der Waals surface area contributed by atoms with E-state index in [4.69, 9.17) is 4.74 Å². The van der Waals surface area contributed by atoms with Crippen molar-refractivity contribution in [3.63, 3.8) is 0 Å². The zero-order valence-electron chi connectivity index (χ0n) is 11.4. The predicted molar refractivity (Wildman–Crippen MR) is 73.5 cm³/mol. The number of benzene rings is 1. The van der Waals surface area contributed by atoms with Crippen LogP contribution >= 0.6 is 0 Å². The quantitative estimate of drug-likeness (QED) is 0.710. The molecule has 0 fully saturated rings. The minimum atomic E-state index is 0.265. The number of ether oxygens (including phenoxy) is 1. The van der Waals surface area contributed by atoms with Gasteiger partial charge < -0.3 is 4.74 Å². The van der Waals surface area contributed by atoms with Crippen molar-refractivity contribution in [2.45, 2.75) is 51.9 Å². The molecule has 1 aromatic rings. The molecule has 98 valence electrons. The third-order valence-electron chi connectivity index (χ3n) is 3.73. The van der Waals surface area contributed by atoms with Crippen molar-refractivity contribution in [3.8, 4) is 5.75 Å². The molecular weight excluding hydrogens is 224 g/mol. The lowest BCUT2D eigenvalue weighted by molar-refractivity contribution is 0.0994. The molecule has 1 aliphatic rings. The summed E-state index contributed by atoms with van der Waals surface area (Å²) >= 11 is 0. The van der Waals surface area contributed by atoms with E-state index in [2.05, 4.69) is 13.0 Å². The van der Waals surface area contributed by atoms with Gasteiger partial charge in [-0.15, -0.1) is 0 Å². The second-order valence-corrected chi connectivity index (χ2v) is 5.06. The van der Waals surface area contributed by atoms with Crippen molar-refractivity contribution < 1.29 is 9.53 Å². The molecule has 0 unspecified atom stereocenters. The van der Waals surface area contributed by atoms with E-state index in [-0.39, 0.29) is 5.78 Å². The summed E-state index contributed by atoms with van der Waals surface area (Å²) in [7, 11) is 1.69. The van der Waals surface area contributed by atoms with Gasteiger partial charge in [-0.1, -0.05) is 32.3 Å². The Morgan fingerprint density at radius 3 is 2.72 bits per heavy atom. The molecule has 0 radical (unpaired) electrons. The molecule has 0 aliphatic heterocycles. The van der Waals surface area contributed by atoms with Crippen molar-refractivity contribution in [1.82, 2.24) is 0 Å². The second kappa shape index (κ2) is 6.03. The lowest BCUT2D eigenvalue weighted by Crippen LogP contribution is -1.98. The van der Waals surface area contributed by atoms with E-state index in [9.17, 15) is 4.79 Å². The first-order valence-electron chi connectivity index (χ1n) is 6.99. The van der Waals surface area contributed by atoms with E-state index in [1.165, 1.54) is 36.8 Å². The fraction of sp³-hybridized carbons (Fsp3) is 0.562. The zero-order chi connectivity index (χ0) is 13.0. The Balaban J connectivity index is 2.12. The van der Waals surface area contributed by atoms with Gasteiger partial charge in [-0.25, -0.2) is 0 Å². The third-order valence-corrected chi connectivity index (χ3v) is 3.73. The summed E-state index contributed by atoms with van der Waals surface area (Å²) in [5.74, 6) is 1.15. The normalized spacial score (nSPS) is 13.8. The summed E-state index contributed by atoms with van der Waals surface area (Å²) in [5, 5.41) is 0. The zero-order valence-corrected chi connectivity index (χ0v) is 11.4. The first kappa shape index (κ1) is 13.1. The van der Waals surface area contributed by atoms with Crippen LogP contribution in [0.1, 0.15) is 60.5 Å².